The van der Waals surface area contributed by atoms with E-state index in [1.54, 1.807) is 7.11 Å². The number of methoxy groups -OCH3 is 1. The van der Waals surface area contributed by atoms with Gasteiger partial charge in [-0.25, -0.2) is 4.98 Å². The van der Waals surface area contributed by atoms with Crippen LogP contribution in [0.1, 0.15) is 29.7 Å². The molecule has 0 aliphatic rings. The van der Waals surface area contributed by atoms with E-state index in [9.17, 15) is 0 Å². The molecule has 1 aromatic heterocycles. The van der Waals surface area contributed by atoms with Crippen LogP contribution >= 0.6 is 11.3 Å². The van der Waals surface area contributed by atoms with Crippen molar-refractivity contribution < 1.29 is 14.5 Å². The quantitative estimate of drug-likeness (QED) is 0.699. The summed E-state index contributed by atoms with van der Waals surface area (Å²) in [5.41, 5.74) is 9.52. The molecule has 0 saturated carbocycles. The first-order chi connectivity index (χ1) is 12.2. The molecule has 3 N–H and O–H groups in total. The number of aromatic nitrogens is 1. The molecule has 130 valence electrons. The monoisotopic (exact) mass is 355 g/mol. The standard InChI is InChI=1S/C20H22N2O2S/c1-3-24-17-8-4-14(5-9-17)12-18(19-13-25-20(21)22-19)15-6-10-16(23-2)11-7-15/h4-11,13,18H,3,12H2,1-2H3,(H2,21,22)/p+1. The topological polar surface area (TPSA) is 58.6 Å². The number of rotatable bonds is 7. The lowest BCUT2D eigenvalue weighted by Gasteiger charge is -2.15. The van der Waals surface area contributed by atoms with Gasteiger partial charge in [0, 0.05) is 5.38 Å². The third-order valence-electron chi connectivity index (χ3n) is 4.15. The molecule has 0 amide bonds. The average molecular weight is 355 g/mol. The summed E-state index contributed by atoms with van der Waals surface area (Å²) in [6.07, 6.45) is 0.880. The average Bonchev–Trinajstić information content (AvgIpc) is 3.07. The molecule has 0 aliphatic carbocycles. The van der Waals surface area contributed by atoms with Crippen molar-refractivity contribution in [1.82, 2.24) is 0 Å². The van der Waals surface area contributed by atoms with E-state index in [-0.39, 0.29) is 5.92 Å². The van der Waals surface area contributed by atoms with E-state index in [4.69, 9.17) is 15.2 Å². The van der Waals surface area contributed by atoms with E-state index >= 15 is 0 Å². The molecule has 1 heterocycles. The maximum absolute atomic E-state index is 5.91. The van der Waals surface area contributed by atoms with Crippen molar-refractivity contribution in [3.05, 3.63) is 70.7 Å². The van der Waals surface area contributed by atoms with Crippen LogP contribution < -0.4 is 20.2 Å². The Balaban J connectivity index is 1.88. The smallest absolute Gasteiger partial charge is 0.329 e. The summed E-state index contributed by atoms with van der Waals surface area (Å²) >= 11 is 1.53. The van der Waals surface area contributed by atoms with Gasteiger partial charge in [-0.1, -0.05) is 35.6 Å². The minimum absolute atomic E-state index is 0.206. The molecule has 1 atom stereocenters. The molecule has 1 unspecified atom stereocenters. The van der Waals surface area contributed by atoms with Gasteiger partial charge >= 0.3 is 5.13 Å². The molecule has 0 radical (unpaired) electrons. The zero-order valence-electron chi connectivity index (χ0n) is 14.5. The fourth-order valence-corrected chi connectivity index (χ4v) is 3.52. The molecule has 0 fully saturated rings. The van der Waals surface area contributed by atoms with Crippen LogP contribution in [0.15, 0.2) is 53.9 Å². The van der Waals surface area contributed by atoms with E-state index in [1.165, 1.54) is 22.5 Å². The fourth-order valence-electron chi connectivity index (χ4n) is 2.87. The van der Waals surface area contributed by atoms with Crippen molar-refractivity contribution in [2.24, 2.45) is 0 Å². The minimum Gasteiger partial charge on any atom is -0.497 e. The summed E-state index contributed by atoms with van der Waals surface area (Å²) in [6.45, 7) is 2.67. The van der Waals surface area contributed by atoms with Crippen molar-refractivity contribution in [2.75, 3.05) is 19.5 Å². The highest BCUT2D eigenvalue weighted by Gasteiger charge is 2.20. The van der Waals surface area contributed by atoms with Gasteiger partial charge in [-0.05, 0) is 48.7 Å². The third kappa shape index (κ3) is 4.31. The maximum atomic E-state index is 5.91. The van der Waals surface area contributed by atoms with Crippen molar-refractivity contribution in [1.29, 1.82) is 0 Å². The summed E-state index contributed by atoms with van der Waals surface area (Å²) < 4.78 is 10.8. The number of thiazole rings is 1. The van der Waals surface area contributed by atoms with Crippen molar-refractivity contribution in [3.8, 4) is 11.5 Å². The molecule has 4 nitrogen and oxygen atoms in total. The van der Waals surface area contributed by atoms with Gasteiger partial charge in [0.05, 0.1) is 19.6 Å². The number of H-pyrrole nitrogens is 1. The first-order valence-electron chi connectivity index (χ1n) is 8.31. The number of hydrogen-bond acceptors (Lipinski definition) is 4. The number of ether oxygens (including phenoxy) is 2. The molecule has 0 spiro atoms. The predicted molar refractivity (Wildman–Crippen MR) is 101 cm³/mol. The zero-order chi connectivity index (χ0) is 17.6. The van der Waals surface area contributed by atoms with Gasteiger partial charge in [0.25, 0.3) is 0 Å². The zero-order valence-corrected chi connectivity index (χ0v) is 15.3. The lowest BCUT2D eigenvalue weighted by molar-refractivity contribution is -0.368. The number of hydrogen-bond donors (Lipinski definition) is 1. The fraction of sp³-hybridized carbons (Fsp3) is 0.250. The number of benzene rings is 2. The van der Waals surface area contributed by atoms with Crippen LogP contribution in [0, 0.1) is 0 Å². The summed E-state index contributed by atoms with van der Waals surface area (Å²) in [4.78, 5) is 3.30. The lowest BCUT2D eigenvalue weighted by Crippen LogP contribution is -2.17. The molecule has 25 heavy (non-hydrogen) atoms. The summed E-state index contributed by atoms with van der Waals surface area (Å²) in [7, 11) is 1.68. The Morgan fingerprint density at radius 1 is 1.04 bits per heavy atom. The largest absolute Gasteiger partial charge is 0.497 e. The summed E-state index contributed by atoms with van der Waals surface area (Å²) in [5, 5.41) is 2.82. The molecule has 2 aromatic carbocycles. The molecular formula is C20H23N2O2S+. The van der Waals surface area contributed by atoms with Crippen LogP contribution in [0.2, 0.25) is 0 Å². The van der Waals surface area contributed by atoms with Crippen LogP contribution in [0.25, 0.3) is 0 Å². The number of anilines is 1. The minimum atomic E-state index is 0.206. The number of aromatic amines is 1. The van der Waals surface area contributed by atoms with Crippen LogP contribution in [0.5, 0.6) is 11.5 Å². The second kappa shape index (κ2) is 8.03. The third-order valence-corrected chi connectivity index (χ3v) is 4.88. The SMILES string of the molecule is CCOc1ccc(CC(c2ccc(OC)cc2)c2csc(N)[nH+]2)cc1. The van der Waals surface area contributed by atoms with Gasteiger partial charge in [0.15, 0.2) is 0 Å². The van der Waals surface area contributed by atoms with Crippen LogP contribution in [-0.2, 0) is 6.42 Å². The van der Waals surface area contributed by atoms with E-state index in [1.807, 2.05) is 31.2 Å². The Hall–Kier alpha value is -2.53. The molecule has 3 aromatic rings. The Labute approximate surface area is 152 Å². The van der Waals surface area contributed by atoms with Gasteiger partial charge in [-0.2, -0.15) is 0 Å². The van der Waals surface area contributed by atoms with Crippen molar-refractivity contribution in [3.63, 3.8) is 0 Å². The van der Waals surface area contributed by atoms with Crippen molar-refractivity contribution in [2.45, 2.75) is 19.3 Å². The molecular weight excluding hydrogens is 332 g/mol. The maximum Gasteiger partial charge on any atom is 0.329 e. The molecule has 5 heteroatoms. The van der Waals surface area contributed by atoms with Crippen LogP contribution in [-0.4, -0.2) is 13.7 Å². The van der Waals surface area contributed by atoms with Gasteiger partial charge < -0.3 is 9.47 Å². The molecule has 3 rings (SSSR count). The Morgan fingerprint density at radius 3 is 2.28 bits per heavy atom. The second-order valence-electron chi connectivity index (χ2n) is 5.79. The van der Waals surface area contributed by atoms with Gasteiger partial charge in [-0.3, -0.25) is 5.73 Å². The first-order valence-corrected chi connectivity index (χ1v) is 9.19. The molecule has 0 aliphatic heterocycles. The van der Waals surface area contributed by atoms with Gasteiger partial charge in [0.1, 0.15) is 17.2 Å². The highest BCUT2D eigenvalue weighted by molar-refractivity contribution is 7.13. The Bertz CT molecular complexity index is 797. The summed E-state index contributed by atoms with van der Waals surface area (Å²) in [6, 6.07) is 16.5. The first kappa shape index (κ1) is 17.3. The lowest BCUT2D eigenvalue weighted by atomic mass is 9.89. The van der Waals surface area contributed by atoms with E-state index in [2.05, 4.69) is 34.6 Å². The normalized spacial score (nSPS) is 11.9. The Kier molecular flexibility index (Phi) is 5.56. The van der Waals surface area contributed by atoms with Gasteiger partial charge in [0.2, 0.25) is 0 Å². The second-order valence-corrected chi connectivity index (χ2v) is 6.70. The number of nitrogens with two attached hydrogens (primary N) is 1. The van der Waals surface area contributed by atoms with Crippen LogP contribution in [0.4, 0.5) is 5.13 Å². The number of nitrogen functional groups attached to an aromatic ring is 1. The number of nitrogens with one attached hydrogen (secondary N) is 1. The summed E-state index contributed by atoms with van der Waals surface area (Å²) in [5.74, 6) is 1.97. The van der Waals surface area contributed by atoms with Gasteiger partial charge in [-0.15, -0.1) is 0 Å². The van der Waals surface area contributed by atoms with E-state index < -0.39 is 0 Å². The highest BCUT2D eigenvalue weighted by Crippen LogP contribution is 2.30. The molecule has 0 saturated heterocycles. The Morgan fingerprint density at radius 2 is 1.72 bits per heavy atom. The predicted octanol–water partition coefficient (Wildman–Crippen LogP) is 3.93. The molecule has 0 bridgehead atoms. The highest BCUT2D eigenvalue weighted by atomic mass is 32.1. The van der Waals surface area contributed by atoms with Crippen molar-refractivity contribution >= 4 is 16.5 Å². The van der Waals surface area contributed by atoms with E-state index in [0.29, 0.717) is 6.61 Å². The van der Waals surface area contributed by atoms with Crippen LogP contribution in [0.3, 0.4) is 0 Å². The van der Waals surface area contributed by atoms with E-state index in [0.717, 1.165) is 28.7 Å².